The van der Waals surface area contributed by atoms with E-state index in [0.717, 1.165) is 17.5 Å². The Balaban J connectivity index is 2.09. The topological polar surface area (TPSA) is 6.48 Å². The Morgan fingerprint density at radius 1 is 0.581 bits per heavy atom. The third kappa shape index (κ3) is 3.94. The summed E-state index contributed by atoms with van der Waals surface area (Å²) in [4.78, 5) is 0. The van der Waals surface area contributed by atoms with E-state index >= 15 is 0 Å². The zero-order valence-corrected chi connectivity index (χ0v) is 20.5. The zero-order chi connectivity index (χ0) is 21.8. The maximum absolute atomic E-state index is 4.52. The van der Waals surface area contributed by atoms with E-state index in [1.165, 1.54) is 10.9 Å². The number of halogens is 1. The van der Waals surface area contributed by atoms with Gasteiger partial charge in [0.25, 0.3) is 0 Å². The Kier molecular flexibility index (Phi) is 6.29. The van der Waals surface area contributed by atoms with Gasteiger partial charge in [-0.1, -0.05) is 0 Å². The van der Waals surface area contributed by atoms with Crippen LogP contribution in [0.25, 0.3) is 0 Å². The van der Waals surface area contributed by atoms with Crippen LogP contribution in [0.3, 0.4) is 0 Å². The van der Waals surface area contributed by atoms with E-state index in [-0.39, 0.29) is 0 Å². The molecule has 0 bridgehead atoms. The molecule has 0 radical (unpaired) electrons. The van der Waals surface area contributed by atoms with Crippen molar-refractivity contribution >= 4 is 37.8 Å². The molecule has 4 aromatic carbocycles. The molecule has 4 heteroatoms. The predicted octanol–water partition coefficient (Wildman–Crippen LogP) is 7.61. The van der Waals surface area contributed by atoms with Crippen LogP contribution in [0.1, 0.15) is 5.56 Å². The van der Waals surface area contributed by atoms with E-state index in [1.807, 2.05) is 0 Å². The van der Waals surface area contributed by atoms with Crippen molar-refractivity contribution in [2.75, 3.05) is 18.8 Å². The fourth-order valence-corrected chi connectivity index (χ4v) is 11.4. The molecule has 0 saturated heterocycles. The Morgan fingerprint density at radius 2 is 0.968 bits per heavy atom. The second kappa shape index (κ2) is 8.96. The predicted molar refractivity (Wildman–Crippen MR) is 141 cm³/mol. The van der Waals surface area contributed by atoms with Crippen LogP contribution >= 0.6 is 21.1 Å². The molecule has 0 aromatic heterocycles. The van der Waals surface area contributed by atoms with Gasteiger partial charge in [0, 0.05) is 0 Å². The van der Waals surface area contributed by atoms with Crippen LogP contribution in [0.4, 0.5) is 11.4 Å². The maximum atomic E-state index is 4.52. The Labute approximate surface area is 193 Å². The van der Waals surface area contributed by atoms with E-state index in [1.54, 1.807) is 0 Å². The molecule has 0 spiro atoms. The normalized spacial score (nSPS) is 12.8. The molecule has 4 rings (SSSR count). The minimum absolute atomic E-state index is 0.854. The Hall–Kier alpha value is -2.45. The summed E-state index contributed by atoms with van der Waals surface area (Å²) in [6.45, 7) is 0. The first kappa shape index (κ1) is 21.8. The number of hydrogen-bond acceptors (Lipinski definition) is 2. The fraction of sp³-hybridized carbons (Fsp3) is 0.111. The quantitative estimate of drug-likeness (QED) is 0.246. The minimum atomic E-state index is -3.14. The number of benzene rings is 4. The van der Waals surface area contributed by atoms with E-state index < -0.39 is 5.61 Å². The zero-order valence-electron chi connectivity index (χ0n) is 18.0. The average Bonchev–Trinajstić information content (AvgIpc) is 2.82. The van der Waals surface area contributed by atoms with Crippen molar-refractivity contribution in [3.05, 3.63) is 127 Å². The van der Waals surface area contributed by atoms with Crippen LogP contribution in [0.15, 0.2) is 121 Å². The number of para-hydroxylation sites is 2. The van der Waals surface area contributed by atoms with Crippen LogP contribution in [0.5, 0.6) is 0 Å². The second-order valence-corrected chi connectivity index (χ2v) is 16.6. The molecule has 0 aliphatic heterocycles. The molecule has 0 heterocycles. The Morgan fingerprint density at radius 3 is 1.39 bits per heavy atom. The average molecular weight is 491 g/mol. The second-order valence-electron chi connectivity index (χ2n) is 7.90. The van der Waals surface area contributed by atoms with Crippen molar-refractivity contribution in [3.63, 3.8) is 0 Å². The summed E-state index contributed by atoms with van der Waals surface area (Å²) in [5.74, 6) is 0. The fourth-order valence-electron chi connectivity index (χ4n) is 4.22. The molecule has 2 nitrogen and oxygen atoms in total. The van der Waals surface area contributed by atoms with Gasteiger partial charge in [-0.25, -0.2) is 0 Å². The van der Waals surface area contributed by atoms with Gasteiger partial charge in [0.05, 0.1) is 0 Å². The van der Waals surface area contributed by atoms with Gasteiger partial charge >= 0.3 is 194 Å². The monoisotopic (exact) mass is 490 g/mol. The molecule has 0 saturated carbocycles. The molecule has 0 fully saturated rings. The SMILES string of the molecule is CN(C)P(Br)(Cc1ccccc1)(c1ccccc1)N(c1ccccc1)c1ccccc1. The van der Waals surface area contributed by atoms with Crippen LogP contribution < -0.4 is 9.97 Å². The molecule has 158 valence electrons. The van der Waals surface area contributed by atoms with Gasteiger partial charge in [-0.15, -0.1) is 0 Å². The van der Waals surface area contributed by atoms with Crippen LogP contribution in [0.2, 0.25) is 0 Å². The summed E-state index contributed by atoms with van der Waals surface area (Å²) in [6, 6.07) is 43.1. The summed E-state index contributed by atoms with van der Waals surface area (Å²) >= 11 is 4.52. The molecule has 0 unspecified atom stereocenters. The molecule has 0 N–H and O–H groups in total. The van der Waals surface area contributed by atoms with E-state index in [0.29, 0.717) is 0 Å². The summed E-state index contributed by atoms with van der Waals surface area (Å²) in [6.07, 6.45) is 0.854. The third-order valence-electron chi connectivity index (χ3n) is 5.79. The van der Waals surface area contributed by atoms with Crippen molar-refractivity contribution in [2.45, 2.75) is 6.16 Å². The van der Waals surface area contributed by atoms with E-state index in [9.17, 15) is 0 Å². The van der Waals surface area contributed by atoms with Crippen molar-refractivity contribution in [2.24, 2.45) is 0 Å². The van der Waals surface area contributed by atoms with Crippen molar-refractivity contribution in [1.82, 2.24) is 4.67 Å². The summed E-state index contributed by atoms with van der Waals surface area (Å²) in [5.41, 5.74) is 0.482. The third-order valence-corrected chi connectivity index (χ3v) is 15.8. The van der Waals surface area contributed by atoms with E-state index in [4.69, 9.17) is 0 Å². The first-order valence-electron chi connectivity index (χ1n) is 10.4. The van der Waals surface area contributed by atoms with E-state index in [2.05, 4.69) is 160 Å². The molecule has 0 aliphatic rings. The standard InChI is InChI=1S/C27H28BrN2P/c1-29(2)31(28,27-21-13-6-14-22-27,23-24-15-7-3-8-16-24)30(25-17-9-4-10-18-25)26-19-11-5-12-20-26/h3-22H,23H2,1-2H3. The summed E-state index contributed by atoms with van der Waals surface area (Å²) < 4.78 is 4.95. The van der Waals surface area contributed by atoms with Crippen LogP contribution in [-0.2, 0) is 6.16 Å². The number of rotatable bonds is 7. The van der Waals surface area contributed by atoms with Gasteiger partial charge in [0.2, 0.25) is 0 Å². The van der Waals surface area contributed by atoms with Gasteiger partial charge in [0.1, 0.15) is 0 Å². The van der Waals surface area contributed by atoms with Crippen molar-refractivity contribution < 1.29 is 0 Å². The van der Waals surface area contributed by atoms with Gasteiger partial charge in [-0.2, -0.15) is 0 Å². The van der Waals surface area contributed by atoms with Crippen LogP contribution in [0, 0.1) is 0 Å². The van der Waals surface area contributed by atoms with Gasteiger partial charge in [0.15, 0.2) is 0 Å². The molecule has 31 heavy (non-hydrogen) atoms. The Bertz CT molecular complexity index is 1070. The summed E-state index contributed by atoms with van der Waals surface area (Å²) in [5, 5.41) is 1.29. The number of hydrogen-bond donors (Lipinski definition) is 0. The number of nitrogens with zero attached hydrogens (tertiary/aromatic N) is 2. The van der Waals surface area contributed by atoms with Crippen LogP contribution in [-0.4, -0.2) is 18.8 Å². The molecular weight excluding hydrogens is 463 g/mol. The first-order chi connectivity index (χ1) is 15.0. The first-order valence-corrected chi connectivity index (χ1v) is 14.8. The van der Waals surface area contributed by atoms with Gasteiger partial charge in [-0.05, 0) is 0 Å². The summed E-state index contributed by atoms with van der Waals surface area (Å²) in [7, 11) is 4.39. The molecule has 4 aromatic rings. The van der Waals surface area contributed by atoms with Gasteiger partial charge in [-0.3, -0.25) is 0 Å². The molecule has 0 aliphatic carbocycles. The molecular formula is C27H28BrN2P. The van der Waals surface area contributed by atoms with Crippen molar-refractivity contribution in [3.8, 4) is 0 Å². The molecule has 0 amide bonds. The molecule has 0 atom stereocenters. The number of anilines is 2. The van der Waals surface area contributed by atoms with Gasteiger partial charge < -0.3 is 0 Å². The van der Waals surface area contributed by atoms with Crippen molar-refractivity contribution in [1.29, 1.82) is 0 Å².